The van der Waals surface area contributed by atoms with Gasteiger partial charge in [0.05, 0.1) is 11.3 Å². The monoisotopic (exact) mass is 393 g/mol. The van der Waals surface area contributed by atoms with Gasteiger partial charge < -0.3 is 10.2 Å². The van der Waals surface area contributed by atoms with Crippen molar-refractivity contribution in [2.45, 2.75) is 25.7 Å². The van der Waals surface area contributed by atoms with E-state index in [4.69, 9.17) is 0 Å². The number of H-pyrrole nitrogens is 1. The number of halogens is 1. The molecule has 4 rings (SSSR count). The van der Waals surface area contributed by atoms with Crippen molar-refractivity contribution in [3.05, 3.63) is 54.6 Å². The summed E-state index contributed by atoms with van der Waals surface area (Å²) in [5.41, 5.74) is 3.16. The topological polar surface area (TPSA) is 73.9 Å². The van der Waals surface area contributed by atoms with Gasteiger partial charge in [-0.15, -0.1) is 0 Å². The molecule has 2 N–H and O–H groups in total. The van der Waals surface area contributed by atoms with Gasteiger partial charge in [0.1, 0.15) is 5.82 Å². The van der Waals surface area contributed by atoms with Gasteiger partial charge in [0.15, 0.2) is 5.82 Å². The lowest BCUT2D eigenvalue weighted by Crippen LogP contribution is -2.32. The molecule has 1 fully saturated rings. The molecule has 0 spiro atoms. The number of nitrogens with one attached hydrogen (secondary N) is 2. The summed E-state index contributed by atoms with van der Waals surface area (Å²) in [5, 5.41) is 10.3. The van der Waals surface area contributed by atoms with E-state index in [1.165, 1.54) is 31.4 Å². The van der Waals surface area contributed by atoms with Crippen LogP contribution in [0.4, 0.5) is 10.2 Å². The number of anilines is 1. The van der Waals surface area contributed by atoms with Crippen molar-refractivity contribution in [2.24, 2.45) is 0 Å². The molecule has 0 radical (unpaired) electrons. The van der Waals surface area contributed by atoms with Crippen molar-refractivity contribution < 1.29 is 9.18 Å². The fourth-order valence-corrected chi connectivity index (χ4v) is 3.69. The maximum absolute atomic E-state index is 13.3. The van der Waals surface area contributed by atoms with E-state index >= 15 is 0 Å². The summed E-state index contributed by atoms with van der Waals surface area (Å²) in [6.45, 7) is 2.88. The van der Waals surface area contributed by atoms with E-state index in [9.17, 15) is 9.18 Å². The standard InChI is InChI=1S/C22H24FN5O/c23-18-6-4-17(5-7-18)21-20(16-8-11-24-12-9-16)22(27-26-21)25-19(29)10-15-28-13-2-1-3-14-28/h4-9,11-12H,1-3,10,13-15H2,(H2,25,26,27,29). The molecule has 1 amide bonds. The van der Waals surface area contributed by atoms with Crippen molar-refractivity contribution in [3.63, 3.8) is 0 Å². The summed E-state index contributed by atoms with van der Waals surface area (Å²) < 4.78 is 13.3. The van der Waals surface area contributed by atoms with Gasteiger partial charge in [0.25, 0.3) is 0 Å². The summed E-state index contributed by atoms with van der Waals surface area (Å²) >= 11 is 0. The normalized spacial score (nSPS) is 14.7. The molecule has 150 valence electrons. The first kappa shape index (κ1) is 19.3. The van der Waals surface area contributed by atoms with Gasteiger partial charge in [-0.05, 0) is 67.9 Å². The van der Waals surface area contributed by atoms with Gasteiger partial charge in [-0.3, -0.25) is 14.9 Å². The molecule has 0 aliphatic carbocycles. The molecule has 29 heavy (non-hydrogen) atoms. The Morgan fingerprint density at radius 1 is 1.03 bits per heavy atom. The molecule has 3 aromatic rings. The van der Waals surface area contributed by atoms with Gasteiger partial charge in [0, 0.05) is 30.9 Å². The Morgan fingerprint density at radius 3 is 2.48 bits per heavy atom. The fourth-order valence-electron chi connectivity index (χ4n) is 3.69. The second-order valence-electron chi connectivity index (χ2n) is 7.27. The van der Waals surface area contributed by atoms with Gasteiger partial charge in [0.2, 0.25) is 5.91 Å². The van der Waals surface area contributed by atoms with E-state index in [-0.39, 0.29) is 11.7 Å². The molecule has 0 unspecified atom stereocenters. The highest BCUT2D eigenvalue weighted by molar-refractivity contribution is 5.97. The maximum Gasteiger partial charge on any atom is 0.226 e. The molecule has 0 saturated carbocycles. The summed E-state index contributed by atoms with van der Waals surface area (Å²) in [5.74, 6) is 0.104. The zero-order valence-corrected chi connectivity index (χ0v) is 16.2. The lowest BCUT2D eigenvalue weighted by Gasteiger charge is -2.25. The van der Waals surface area contributed by atoms with Crippen LogP contribution in [0.2, 0.25) is 0 Å². The number of rotatable bonds is 6. The number of nitrogens with zero attached hydrogens (tertiary/aromatic N) is 3. The fraction of sp³-hybridized carbons (Fsp3) is 0.318. The number of amides is 1. The molecule has 1 saturated heterocycles. The summed E-state index contributed by atoms with van der Waals surface area (Å²) in [6.07, 6.45) is 7.49. The van der Waals surface area contributed by atoms with Crippen LogP contribution in [0.5, 0.6) is 0 Å². The van der Waals surface area contributed by atoms with Crippen molar-refractivity contribution in [2.75, 3.05) is 25.0 Å². The van der Waals surface area contributed by atoms with Gasteiger partial charge >= 0.3 is 0 Å². The highest BCUT2D eigenvalue weighted by Gasteiger charge is 2.19. The first-order valence-corrected chi connectivity index (χ1v) is 9.97. The van der Waals surface area contributed by atoms with Crippen LogP contribution >= 0.6 is 0 Å². The number of benzene rings is 1. The third kappa shape index (κ3) is 4.68. The number of pyridine rings is 1. The number of carbonyl (C=O) groups excluding carboxylic acids is 1. The average molecular weight is 393 g/mol. The predicted molar refractivity (Wildman–Crippen MR) is 111 cm³/mol. The Labute approximate surface area is 169 Å². The Hall–Kier alpha value is -3.06. The quantitative estimate of drug-likeness (QED) is 0.661. The Morgan fingerprint density at radius 2 is 1.76 bits per heavy atom. The van der Waals surface area contributed by atoms with Crippen LogP contribution in [0.15, 0.2) is 48.8 Å². The van der Waals surface area contributed by atoms with Crippen LogP contribution < -0.4 is 5.32 Å². The molecular weight excluding hydrogens is 369 g/mol. The Balaban J connectivity index is 1.56. The maximum atomic E-state index is 13.3. The van der Waals surface area contributed by atoms with E-state index in [0.717, 1.165) is 42.0 Å². The van der Waals surface area contributed by atoms with E-state index in [2.05, 4.69) is 25.4 Å². The summed E-state index contributed by atoms with van der Waals surface area (Å²) in [4.78, 5) is 19.0. The molecule has 0 atom stereocenters. The second kappa shape index (κ2) is 8.96. The number of carbonyl (C=O) groups is 1. The van der Waals surface area contributed by atoms with Crippen molar-refractivity contribution >= 4 is 11.7 Å². The third-order valence-corrected chi connectivity index (χ3v) is 5.23. The highest BCUT2D eigenvalue weighted by atomic mass is 19.1. The average Bonchev–Trinajstić information content (AvgIpc) is 3.17. The van der Waals surface area contributed by atoms with Crippen molar-refractivity contribution in [1.29, 1.82) is 0 Å². The first-order chi connectivity index (χ1) is 14.2. The molecule has 3 heterocycles. The second-order valence-corrected chi connectivity index (χ2v) is 7.27. The SMILES string of the molecule is O=C(CCN1CCCCC1)Nc1n[nH]c(-c2ccc(F)cc2)c1-c1ccncc1. The van der Waals surface area contributed by atoms with Gasteiger partial charge in [-0.1, -0.05) is 6.42 Å². The van der Waals surface area contributed by atoms with E-state index < -0.39 is 0 Å². The number of aromatic amines is 1. The number of likely N-dealkylation sites (tertiary alicyclic amines) is 1. The third-order valence-electron chi connectivity index (χ3n) is 5.23. The zero-order valence-electron chi connectivity index (χ0n) is 16.2. The minimum Gasteiger partial charge on any atom is -0.309 e. The smallest absolute Gasteiger partial charge is 0.226 e. The van der Waals surface area contributed by atoms with Crippen molar-refractivity contribution in [1.82, 2.24) is 20.1 Å². The summed E-state index contributed by atoms with van der Waals surface area (Å²) in [6, 6.07) is 9.92. The Bertz CT molecular complexity index is 949. The van der Waals surface area contributed by atoms with E-state index in [1.807, 2.05) is 12.1 Å². The lowest BCUT2D eigenvalue weighted by molar-refractivity contribution is -0.116. The molecule has 2 aromatic heterocycles. The van der Waals surface area contributed by atoms with Crippen LogP contribution in [-0.4, -0.2) is 45.6 Å². The lowest BCUT2D eigenvalue weighted by atomic mass is 10.0. The molecule has 6 nitrogen and oxygen atoms in total. The highest BCUT2D eigenvalue weighted by Crippen LogP contribution is 2.35. The van der Waals surface area contributed by atoms with Crippen molar-refractivity contribution in [3.8, 4) is 22.4 Å². The van der Waals surface area contributed by atoms with Crippen LogP contribution in [0.3, 0.4) is 0 Å². The predicted octanol–water partition coefficient (Wildman–Crippen LogP) is 4.09. The van der Waals surface area contributed by atoms with E-state index in [1.54, 1.807) is 24.5 Å². The zero-order chi connectivity index (χ0) is 20.1. The molecular formula is C22H24FN5O. The first-order valence-electron chi connectivity index (χ1n) is 9.97. The van der Waals surface area contributed by atoms with Crippen LogP contribution in [-0.2, 0) is 4.79 Å². The Kier molecular flexibility index (Phi) is 5.95. The van der Waals surface area contributed by atoms with Crippen LogP contribution in [0.25, 0.3) is 22.4 Å². The van der Waals surface area contributed by atoms with Gasteiger partial charge in [-0.2, -0.15) is 5.10 Å². The van der Waals surface area contributed by atoms with Crippen LogP contribution in [0, 0.1) is 5.82 Å². The minimum absolute atomic E-state index is 0.0666. The molecule has 1 aromatic carbocycles. The largest absolute Gasteiger partial charge is 0.309 e. The number of piperidine rings is 1. The minimum atomic E-state index is -0.301. The molecule has 1 aliphatic rings. The molecule has 0 bridgehead atoms. The number of hydrogen-bond acceptors (Lipinski definition) is 4. The molecule has 7 heteroatoms. The number of hydrogen-bond donors (Lipinski definition) is 2. The van der Waals surface area contributed by atoms with E-state index in [0.29, 0.717) is 12.2 Å². The van der Waals surface area contributed by atoms with Crippen LogP contribution in [0.1, 0.15) is 25.7 Å². The number of aromatic nitrogens is 3. The van der Waals surface area contributed by atoms with Gasteiger partial charge in [-0.25, -0.2) is 4.39 Å². The molecule has 1 aliphatic heterocycles. The summed E-state index contributed by atoms with van der Waals surface area (Å²) in [7, 11) is 0.